The highest BCUT2D eigenvalue weighted by molar-refractivity contribution is 5.71. The summed E-state index contributed by atoms with van der Waals surface area (Å²) in [7, 11) is 0. The molecule has 1 fully saturated rings. The lowest BCUT2D eigenvalue weighted by Crippen LogP contribution is -2.38. The van der Waals surface area contributed by atoms with Gasteiger partial charge in [0.05, 0.1) is 12.0 Å². The first kappa shape index (κ1) is 9.48. The number of carboxylic acid groups (broad SMARTS) is 1. The summed E-state index contributed by atoms with van der Waals surface area (Å²) < 4.78 is 5.33. The molecule has 0 aromatic heterocycles. The molecule has 0 aromatic rings. The number of ether oxygens (including phenoxy) is 1. The molecule has 1 saturated heterocycles. The van der Waals surface area contributed by atoms with Crippen LogP contribution in [0.1, 0.15) is 19.3 Å². The predicted molar refractivity (Wildman–Crippen MR) is 43.8 cm³/mol. The van der Waals surface area contributed by atoms with Crippen LogP contribution in [-0.4, -0.2) is 30.3 Å². The average Bonchev–Trinajstić information content (AvgIpc) is 2.07. The van der Waals surface area contributed by atoms with E-state index in [-0.39, 0.29) is 12.6 Å². The first-order valence-electron chi connectivity index (χ1n) is 4.30. The summed E-state index contributed by atoms with van der Waals surface area (Å²) in [6.45, 7) is 0.842. The summed E-state index contributed by atoms with van der Waals surface area (Å²) in [5, 5.41) is 8.77. The molecule has 4 heteroatoms. The fraction of sp³-hybridized carbons (Fsp3) is 0.875. The van der Waals surface area contributed by atoms with Gasteiger partial charge in [-0.3, -0.25) is 4.79 Å². The van der Waals surface area contributed by atoms with Crippen LogP contribution in [0.2, 0.25) is 0 Å². The zero-order valence-corrected chi connectivity index (χ0v) is 7.03. The summed E-state index contributed by atoms with van der Waals surface area (Å²) in [6.07, 6.45) is 2.75. The molecule has 12 heavy (non-hydrogen) atoms. The van der Waals surface area contributed by atoms with Gasteiger partial charge >= 0.3 is 5.97 Å². The standard InChI is InChI=1S/C8H15NO3/c9-5-6(8(10)11)7-3-1-2-4-12-7/h6-7H,1-5,9H2,(H,10,11). The highest BCUT2D eigenvalue weighted by Gasteiger charge is 2.28. The van der Waals surface area contributed by atoms with E-state index in [2.05, 4.69) is 0 Å². The van der Waals surface area contributed by atoms with E-state index in [1.807, 2.05) is 0 Å². The van der Waals surface area contributed by atoms with Crippen LogP contribution in [-0.2, 0) is 9.53 Å². The van der Waals surface area contributed by atoms with Crippen molar-refractivity contribution in [3.63, 3.8) is 0 Å². The maximum absolute atomic E-state index is 10.7. The van der Waals surface area contributed by atoms with Gasteiger partial charge in [0.25, 0.3) is 0 Å². The Labute approximate surface area is 71.7 Å². The SMILES string of the molecule is NCC(C(=O)O)C1CCCCO1. The number of nitrogens with two attached hydrogens (primary N) is 1. The Kier molecular flexibility index (Phi) is 3.49. The smallest absolute Gasteiger partial charge is 0.310 e. The van der Waals surface area contributed by atoms with Gasteiger partial charge in [-0.15, -0.1) is 0 Å². The lowest BCUT2D eigenvalue weighted by atomic mass is 9.96. The zero-order valence-electron chi connectivity index (χ0n) is 7.03. The van der Waals surface area contributed by atoms with Gasteiger partial charge < -0.3 is 15.6 Å². The molecule has 0 aromatic carbocycles. The Morgan fingerprint density at radius 1 is 1.67 bits per heavy atom. The van der Waals surface area contributed by atoms with Crippen LogP contribution in [0.4, 0.5) is 0 Å². The van der Waals surface area contributed by atoms with Crippen molar-refractivity contribution in [1.29, 1.82) is 0 Å². The van der Waals surface area contributed by atoms with Crippen molar-refractivity contribution in [2.45, 2.75) is 25.4 Å². The molecule has 2 atom stereocenters. The van der Waals surface area contributed by atoms with Crippen LogP contribution in [0.3, 0.4) is 0 Å². The number of aliphatic carboxylic acids is 1. The Morgan fingerprint density at radius 2 is 2.42 bits per heavy atom. The van der Waals surface area contributed by atoms with E-state index in [0.717, 1.165) is 19.3 Å². The van der Waals surface area contributed by atoms with Crippen molar-refractivity contribution < 1.29 is 14.6 Å². The predicted octanol–water partition coefficient (Wildman–Crippen LogP) is 0.215. The third-order valence-corrected chi connectivity index (χ3v) is 2.23. The Hall–Kier alpha value is -0.610. The Morgan fingerprint density at radius 3 is 2.83 bits per heavy atom. The van der Waals surface area contributed by atoms with Crippen LogP contribution in [0.15, 0.2) is 0 Å². The Balaban J connectivity index is 2.46. The molecule has 3 N–H and O–H groups in total. The van der Waals surface area contributed by atoms with Gasteiger partial charge in [-0.05, 0) is 19.3 Å². The molecular weight excluding hydrogens is 158 g/mol. The third-order valence-electron chi connectivity index (χ3n) is 2.23. The van der Waals surface area contributed by atoms with Crippen LogP contribution >= 0.6 is 0 Å². The lowest BCUT2D eigenvalue weighted by molar-refractivity contribution is -0.148. The summed E-state index contributed by atoms with van der Waals surface area (Å²) in [6, 6.07) is 0. The maximum atomic E-state index is 10.7. The molecule has 0 saturated carbocycles. The van der Waals surface area contributed by atoms with E-state index in [1.54, 1.807) is 0 Å². The van der Waals surface area contributed by atoms with Crippen LogP contribution < -0.4 is 5.73 Å². The van der Waals surface area contributed by atoms with Gasteiger partial charge in [-0.2, -0.15) is 0 Å². The molecule has 0 spiro atoms. The van der Waals surface area contributed by atoms with Crippen molar-refractivity contribution in [1.82, 2.24) is 0 Å². The van der Waals surface area contributed by atoms with E-state index in [4.69, 9.17) is 15.6 Å². The number of hydrogen-bond acceptors (Lipinski definition) is 3. The first-order valence-corrected chi connectivity index (χ1v) is 4.30. The second-order valence-corrected chi connectivity index (χ2v) is 3.09. The van der Waals surface area contributed by atoms with Crippen LogP contribution in [0, 0.1) is 5.92 Å². The summed E-state index contributed by atoms with van der Waals surface area (Å²) >= 11 is 0. The number of hydrogen-bond donors (Lipinski definition) is 2. The van der Waals surface area contributed by atoms with Crippen molar-refractivity contribution in [2.75, 3.05) is 13.2 Å². The van der Waals surface area contributed by atoms with Crippen molar-refractivity contribution >= 4 is 5.97 Å². The van der Waals surface area contributed by atoms with Crippen LogP contribution in [0.5, 0.6) is 0 Å². The molecule has 4 nitrogen and oxygen atoms in total. The van der Waals surface area contributed by atoms with E-state index in [1.165, 1.54) is 0 Å². The summed E-state index contributed by atoms with van der Waals surface area (Å²) in [5.41, 5.74) is 5.34. The minimum Gasteiger partial charge on any atom is -0.481 e. The number of rotatable bonds is 3. The third kappa shape index (κ3) is 2.19. The van der Waals surface area contributed by atoms with Crippen molar-refractivity contribution in [2.24, 2.45) is 11.7 Å². The molecule has 0 aliphatic carbocycles. The zero-order chi connectivity index (χ0) is 8.97. The highest BCUT2D eigenvalue weighted by Crippen LogP contribution is 2.19. The fourth-order valence-electron chi connectivity index (χ4n) is 1.49. The van der Waals surface area contributed by atoms with Crippen LogP contribution in [0.25, 0.3) is 0 Å². The normalized spacial score (nSPS) is 26.6. The molecule has 70 valence electrons. The first-order chi connectivity index (χ1) is 5.75. The fourth-order valence-corrected chi connectivity index (χ4v) is 1.49. The number of carboxylic acids is 1. The molecule has 1 aliphatic heterocycles. The molecule has 0 radical (unpaired) electrons. The minimum atomic E-state index is -0.843. The summed E-state index contributed by atoms with van der Waals surface area (Å²) in [5.74, 6) is -1.37. The van der Waals surface area contributed by atoms with Gasteiger partial charge in [-0.25, -0.2) is 0 Å². The van der Waals surface area contributed by atoms with Gasteiger partial charge in [0.2, 0.25) is 0 Å². The average molecular weight is 173 g/mol. The van der Waals surface area contributed by atoms with Gasteiger partial charge in [0.1, 0.15) is 0 Å². The molecule has 1 heterocycles. The number of carbonyl (C=O) groups is 1. The Bertz CT molecular complexity index is 154. The van der Waals surface area contributed by atoms with E-state index >= 15 is 0 Å². The quantitative estimate of drug-likeness (QED) is 0.640. The van der Waals surface area contributed by atoms with Gasteiger partial charge in [0, 0.05) is 13.2 Å². The topological polar surface area (TPSA) is 72.6 Å². The molecule has 0 amide bonds. The molecule has 2 unspecified atom stereocenters. The molecule has 1 aliphatic rings. The van der Waals surface area contributed by atoms with E-state index in [9.17, 15) is 4.79 Å². The highest BCUT2D eigenvalue weighted by atomic mass is 16.5. The monoisotopic (exact) mass is 173 g/mol. The molecular formula is C8H15NO3. The lowest BCUT2D eigenvalue weighted by Gasteiger charge is -2.26. The second kappa shape index (κ2) is 4.42. The second-order valence-electron chi connectivity index (χ2n) is 3.09. The van der Waals surface area contributed by atoms with E-state index < -0.39 is 11.9 Å². The van der Waals surface area contributed by atoms with Crippen molar-refractivity contribution in [3.05, 3.63) is 0 Å². The molecule has 1 rings (SSSR count). The molecule has 0 bridgehead atoms. The van der Waals surface area contributed by atoms with E-state index in [0.29, 0.717) is 6.61 Å². The summed E-state index contributed by atoms with van der Waals surface area (Å²) in [4.78, 5) is 10.7. The maximum Gasteiger partial charge on any atom is 0.310 e. The van der Waals surface area contributed by atoms with Crippen molar-refractivity contribution in [3.8, 4) is 0 Å². The minimum absolute atomic E-state index is 0.166. The largest absolute Gasteiger partial charge is 0.481 e. The van der Waals surface area contributed by atoms with Gasteiger partial charge in [0.15, 0.2) is 0 Å². The van der Waals surface area contributed by atoms with Gasteiger partial charge in [-0.1, -0.05) is 0 Å².